The van der Waals surface area contributed by atoms with Gasteiger partial charge >= 0.3 is 0 Å². The number of pyridine rings is 1. The van der Waals surface area contributed by atoms with Gasteiger partial charge in [-0.3, -0.25) is 10.1 Å². The topological polar surface area (TPSA) is 92.7 Å². The maximum Gasteiger partial charge on any atom is 0.229 e. The molecule has 2 aliphatic rings. The number of anilines is 3. The van der Waals surface area contributed by atoms with Gasteiger partial charge in [-0.1, -0.05) is 0 Å². The van der Waals surface area contributed by atoms with Crippen LogP contribution < -0.4 is 15.1 Å². The predicted molar refractivity (Wildman–Crippen MR) is 110 cm³/mol. The van der Waals surface area contributed by atoms with E-state index in [4.69, 9.17) is 14.5 Å². The van der Waals surface area contributed by atoms with E-state index in [1.165, 1.54) is 6.92 Å². The fraction of sp³-hybridized carbons (Fsp3) is 0.500. The Morgan fingerprint density at radius 1 is 1.00 bits per heavy atom. The lowest BCUT2D eigenvalue weighted by Gasteiger charge is -2.32. The molecule has 0 spiro atoms. The van der Waals surface area contributed by atoms with Gasteiger partial charge in [0.1, 0.15) is 5.82 Å². The second kappa shape index (κ2) is 8.71. The number of nitrogens with zero attached hydrogens (tertiary/aromatic N) is 5. The highest BCUT2D eigenvalue weighted by Crippen LogP contribution is 2.30. The van der Waals surface area contributed by atoms with Gasteiger partial charge in [0.05, 0.1) is 37.8 Å². The summed E-state index contributed by atoms with van der Waals surface area (Å²) in [5.74, 6) is 1.04. The van der Waals surface area contributed by atoms with Crippen LogP contribution in [0.5, 0.6) is 0 Å². The first kappa shape index (κ1) is 19.5. The van der Waals surface area contributed by atoms with Crippen LogP contribution in [0, 0.1) is 6.92 Å². The van der Waals surface area contributed by atoms with Gasteiger partial charge in [-0.15, -0.1) is 0 Å². The van der Waals surface area contributed by atoms with Crippen LogP contribution in [0.1, 0.15) is 12.6 Å². The van der Waals surface area contributed by atoms with Crippen molar-refractivity contribution >= 4 is 23.4 Å². The third kappa shape index (κ3) is 4.63. The quantitative estimate of drug-likeness (QED) is 0.828. The van der Waals surface area contributed by atoms with Crippen LogP contribution in [0.15, 0.2) is 18.3 Å². The van der Waals surface area contributed by atoms with E-state index in [0.717, 1.165) is 67.8 Å². The first-order valence-corrected chi connectivity index (χ1v) is 9.89. The van der Waals surface area contributed by atoms with E-state index in [-0.39, 0.29) is 5.91 Å². The summed E-state index contributed by atoms with van der Waals surface area (Å²) in [5, 5.41) is 2.62. The molecule has 0 aromatic carbocycles. The first-order chi connectivity index (χ1) is 14.1. The number of hydrogen-bond donors (Lipinski definition) is 1. The summed E-state index contributed by atoms with van der Waals surface area (Å²) in [6.45, 7) is 9.51. The zero-order chi connectivity index (χ0) is 20.2. The minimum Gasteiger partial charge on any atom is -0.378 e. The lowest BCUT2D eigenvalue weighted by Crippen LogP contribution is -2.38. The smallest absolute Gasteiger partial charge is 0.229 e. The standard InChI is InChI=1S/C20H26N6O3/c1-14-17(13-21-20(22-14)23-15(2)27)18-11-16(25-3-7-28-8-4-25)12-19(24-18)26-5-9-29-10-6-26/h11-13H,3-10H2,1-2H3,(H,21,22,23,27). The van der Waals surface area contributed by atoms with Crippen molar-refractivity contribution in [3.63, 3.8) is 0 Å². The van der Waals surface area contributed by atoms with Crippen LogP contribution >= 0.6 is 0 Å². The van der Waals surface area contributed by atoms with E-state index in [1.807, 2.05) is 6.92 Å². The monoisotopic (exact) mass is 398 g/mol. The van der Waals surface area contributed by atoms with E-state index in [2.05, 4.69) is 37.2 Å². The number of morpholine rings is 2. The molecule has 1 amide bonds. The average Bonchev–Trinajstić information content (AvgIpc) is 2.74. The molecule has 29 heavy (non-hydrogen) atoms. The highest BCUT2D eigenvalue weighted by atomic mass is 16.5. The zero-order valence-corrected chi connectivity index (χ0v) is 16.8. The highest BCUT2D eigenvalue weighted by molar-refractivity contribution is 5.86. The number of carbonyl (C=O) groups excluding carboxylic acids is 1. The summed E-state index contributed by atoms with van der Waals surface area (Å²) in [6.07, 6.45) is 1.72. The summed E-state index contributed by atoms with van der Waals surface area (Å²) < 4.78 is 11.0. The number of hydrogen-bond acceptors (Lipinski definition) is 8. The molecule has 154 valence electrons. The van der Waals surface area contributed by atoms with Crippen molar-refractivity contribution in [2.45, 2.75) is 13.8 Å². The molecule has 9 heteroatoms. The van der Waals surface area contributed by atoms with E-state index in [1.54, 1.807) is 6.20 Å². The largest absolute Gasteiger partial charge is 0.378 e. The fourth-order valence-electron chi connectivity index (χ4n) is 3.53. The molecule has 2 aliphatic heterocycles. The third-order valence-corrected chi connectivity index (χ3v) is 5.05. The second-order valence-electron chi connectivity index (χ2n) is 7.14. The molecule has 4 heterocycles. The van der Waals surface area contributed by atoms with Gasteiger partial charge in [0.15, 0.2) is 0 Å². The summed E-state index contributed by atoms with van der Waals surface area (Å²) in [4.78, 5) is 29.5. The van der Waals surface area contributed by atoms with Crippen LogP contribution in [-0.4, -0.2) is 73.5 Å². The van der Waals surface area contributed by atoms with Crippen LogP contribution in [0.4, 0.5) is 17.5 Å². The minimum atomic E-state index is -0.195. The molecule has 2 aromatic rings. The number of aryl methyl sites for hydroxylation is 1. The van der Waals surface area contributed by atoms with Crippen molar-refractivity contribution in [2.24, 2.45) is 0 Å². The Kier molecular flexibility index (Phi) is 5.86. The second-order valence-corrected chi connectivity index (χ2v) is 7.14. The number of amides is 1. The van der Waals surface area contributed by atoms with Gasteiger partial charge in [0, 0.05) is 56.6 Å². The molecule has 1 N–H and O–H groups in total. The van der Waals surface area contributed by atoms with Crippen LogP contribution in [0.3, 0.4) is 0 Å². The van der Waals surface area contributed by atoms with Crippen LogP contribution in [0.2, 0.25) is 0 Å². The average molecular weight is 398 g/mol. The number of ether oxygens (including phenoxy) is 2. The molecular weight excluding hydrogens is 372 g/mol. The Hall–Kier alpha value is -2.78. The third-order valence-electron chi connectivity index (χ3n) is 5.05. The van der Waals surface area contributed by atoms with Gasteiger partial charge < -0.3 is 19.3 Å². The summed E-state index contributed by atoms with van der Waals surface area (Å²) >= 11 is 0. The maximum absolute atomic E-state index is 11.3. The fourth-order valence-corrected chi connectivity index (χ4v) is 3.53. The number of nitrogens with one attached hydrogen (secondary N) is 1. The molecule has 0 unspecified atom stereocenters. The Labute approximate surface area is 170 Å². The molecule has 4 rings (SSSR count). The summed E-state index contributed by atoms with van der Waals surface area (Å²) in [6, 6.07) is 4.22. The highest BCUT2D eigenvalue weighted by Gasteiger charge is 2.19. The summed E-state index contributed by atoms with van der Waals surface area (Å²) in [7, 11) is 0. The van der Waals surface area contributed by atoms with Crippen LogP contribution in [-0.2, 0) is 14.3 Å². The number of carbonyl (C=O) groups is 1. The molecule has 9 nitrogen and oxygen atoms in total. The van der Waals surface area contributed by atoms with Gasteiger partial charge in [-0.2, -0.15) is 0 Å². The molecular formula is C20H26N6O3. The van der Waals surface area contributed by atoms with Crippen molar-refractivity contribution < 1.29 is 14.3 Å². The molecule has 0 atom stereocenters. The van der Waals surface area contributed by atoms with Crippen LogP contribution in [0.25, 0.3) is 11.3 Å². The summed E-state index contributed by atoms with van der Waals surface area (Å²) in [5.41, 5.74) is 3.56. The Bertz CT molecular complexity index is 842. The van der Waals surface area contributed by atoms with E-state index in [9.17, 15) is 4.79 Å². The lowest BCUT2D eigenvalue weighted by atomic mass is 10.1. The molecule has 2 fully saturated rings. The number of aromatic nitrogens is 3. The molecule has 2 saturated heterocycles. The normalized spacial score (nSPS) is 17.3. The van der Waals surface area contributed by atoms with Gasteiger partial charge in [0.25, 0.3) is 0 Å². The van der Waals surface area contributed by atoms with Gasteiger partial charge in [-0.25, -0.2) is 15.0 Å². The molecule has 0 radical (unpaired) electrons. The van der Waals surface area contributed by atoms with Crippen molar-refractivity contribution in [3.8, 4) is 11.3 Å². The Morgan fingerprint density at radius 2 is 1.66 bits per heavy atom. The van der Waals surface area contributed by atoms with Crippen molar-refractivity contribution in [3.05, 3.63) is 24.0 Å². The van der Waals surface area contributed by atoms with E-state index in [0.29, 0.717) is 19.2 Å². The first-order valence-electron chi connectivity index (χ1n) is 9.89. The van der Waals surface area contributed by atoms with Gasteiger partial charge in [0.2, 0.25) is 11.9 Å². The molecule has 0 aliphatic carbocycles. The minimum absolute atomic E-state index is 0.195. The Morgan fingerprint density at radius 3 is 2.28 bits per heavy atom. The Balaban J connectivity index is 1.72. The molecule has 0 bridgehead atoms. The van der Waals surface area contributed by atoms with E-state index < -0.39 is 0 Å². The maximum atomic E-state index is 11.3. The lowest BCUT2D eigenvalue weighted by molar-refractivity contribution is -0.114. The van der Waals surface area contributed by atoms with Crippen molar-refractivity contribution in [2.75, 3.05) is 67.7 Å². The number of rotatable bonds is 4. The van der Waals surface area contributed by atoms with E-state index >= 15 is 0 Å². The van der Waals surface area contributed by atoms with Crippen molar-refractivity contribution in [1.82, 2.24) is 15.0 Å². The molecule has 2 aromatic heterocycles. The SMILES string of the molecule is CC(=O)Nc1ncc(-c2cc(N3CCOCC3)cc(N3CCOCC3)n2)c(C)n1. The zero-order valence-electron chi connectivity index (χ0n) is 16.8. The van der Waals surface area contributed by atoms with Crippen molar-refractivity contribution in [1.29, 1.82) is 0 Å². The predicted octanol–water partition coefficient (Wildman–Crippen LogP) is 1.48. The van der Waals surface area contributed by atoms with Gasteiger partial charge in [-0.05, 0) is 13.0 Å². The molecule has 0 saturated carbocycles.